The van der Waals surface area contributed by atoms with Gasteiger partial charge in [-0.25, -0.2) is 0 Å². The summed E-state index contributed by atoms with van der Waals surface area (Å²) in [7, 11) is 1.74. The molecule has 0 heterocycles. The van der Waals surface area contributed by atoms with Crippen LogP contribution in [0.5, 0.6) is 0 Å². The van der Waals surface area contributed by atoms with Crippen LogP contribution >= 0.6 is 63.7 Å². The van der Waals surface area contributed by atoms with Crippen LogP contribution in [-0.2, 0) is 10.3 Å². The maximum absolute atomic E-state index is 5.76. The van der Waals surface area contributed by atoms with Crippen LogP contribution in [-0.4, -0.2) is 7.11 Å². The van der Waals surface area contributed by atoms with Gasteiger partial charge in [0.05, 0.1) is 0 Å². The second-order valence-corrected chi connectivity index (χ2v) is 7.46. The Morgan fingerprint density at radius 3 is 2.06 bits per heavy atom. The molecular formula is C13H8Br4O. The third kappa shape index (κ3) is 1.64. The van der Waals surface area contributed by atoms with Crippen molar-refractivity contribution in [2.24, 2.45) is 0 Å². The Morgan fingerprint density at radius 1 is 0.944 bits per heavy atom. The van der Waals surface area contributed by atoms with Crippen molar-refractivity contribution in [2.75, 3.05) is 7.11 Å². The van der Waals surface area contributed by atoms with Gasteiger partial charge in [-0.05, 0) is 81.4 Å². The first-order valence-electron chi connectivity index (χ1n) is 5.32. The van der Waals surface area contributed by atoms with E-state index in [9.17, 15) is 0 Å². The lowest BCUT2D eigenvalue weighted by atomic mass is 9.73. The zero-order valence-corrected chi connectivity index (χ0v) is 15.7. The minimum Gasteiger partial charge on any atom is -0.365 e. The van der Waals surface area contributed by atoms with E-state index in [1.165, 1.54) is 11.1 Å². The number of hydrogen-bond acceptors (Lipinski definition) is 1. The van der Waals surface area contributed by atoms with Gasteiger partial charge in [0.2, 0.25) is 0 Å². The van der Waals surface area contributed by atoms with Crippen LogP contribution in [0.2, 0.25) is 0 Å². The van der Waals surface area contributed by atoms with Crippen molar-refractivity contribution in [3.05, 3.63) is 53.3 Å². The highest BCUT2D eigenvalue weighted by atomic mass is 79.9. The summed E-state index contributed by atoms with van der Waals surface area (Å²) in [5, 5.41) is 0. The highest BCUT2D eigenvalue weighted by Gasteiger charge is 2.41. The molecule has 1 aromatic rings. The largest absolute Gasteiger partial charge is 0.365 e. The van der Waals surface area contributed by atoms with Crippen LogP contribution < -0.4 is 0 Å². The maximum Gasteiger partial charge on any atom is 0.131 e. The van der Waals surface area contributed by atoms with Crippen molar-refractivity contribution in [1.82, 2.24) is 0 Å². The number of halogens is 4. The van der Waals surface area contributed by atoms with Crippen LogP contribution in [0.4, 0.5) is 0 Å². The van der Waals surface area contributed by atoms with Crippen molar-refractivity contribution in [3.8, 4) is 0 Å². The number of allylic oxidation sites excluding steroid dienone is 2. The van der Waals surface area contributed by atoms with Crippen molar-refractivity contribution >= 4 is 63.7 Å². The smallest absolute Gasteiger partial charge is 0.131 e. The molecule has 0 aliphatic heterocycles. The molecule has 0 atom stereocenters. The Labute approximate surface area is 139 Å². The van der Waals surface area contributed by atoms with Gasteiger partial charge < -0.3 is 4.74 Å². The normalized spacial score (nSPS) is 27.7. The Morgan fingerprint density at radius 2 is 1.50 bits per heavy atom. The quantitative estimate of drug-likeness (QED) is 0.269. The first kappa shape index (κ1) is 13.6. The first-order valence-corrected chi connectivity index (χ1v) is 8.49. The lowest BCUT2D eigenvalue weighted by Gasteiger charge is -2.40. The average molecular weight is 500 g/mol. The molecule has 0 spiro atoms. The van der Waals surface area contributed by atoms with Crippen LogP contribution in [0, 0.1) is 0 Å². The van der Waals surface area contributed by atoms with Gasteiger partial charge in [-0.15, -0.1) is 0 Å². The van der Waals surface area contributed by atoms with Crippen molar-refractivity contribution in [2.45, 2.75) is 11.5 Å². The van der Waals surface area contributed by atoms with Gasteiger partial charge in [0.25, 0.3) is 0 Å². The second-order valence-electron chi connectivity index (χ2n) is 4.29. The third-order valence-electron chi connectivity index (χ3n) is 3.47. The average Bonchev–Trinajstić information content (AvgIpc) is 2.42. The molecule has 4 rings (SSSR count). The summed E-state index contributed by atoms with van der Waals surface area (Å²) in [6, 6.07) is 0. The fraction of sp³-hybridized carbons (Fsp3) is 0.231. The second kappa shape index (κ2) is 4.55. The van der Waals surface area contributed by atoms with Gasteiger partial charge in [-0.1, -0.05) is 12.2 Å². The van der Waals surface area contributed by atoms with E-state index < -0.39 is 5.60 Å². The zero-order chi connectivity index (χ0) is 13.1. The molecule has 1 nitrogen and oxygen atoms in total. The molecule has 94 valence electrons. The number of methoxy groups -OCH3 is 1. The molecule has 18 heavy (non-hydrogen) atoms. The zero-order valence-electron chi connectivity index (χ0n) is 9.31. The summed E-state index contributed by atoms with van der Waals surface area (Å²) in [4.78, 5) is 0. The molecule has 0 saturated heterocycles. The van der Waals surface area contributed by atoms with Crippen LogP contribution in [0.1, 0.15) is 17.0 Å². The topological polar surface area (TPSA) is 9.23 Å². The van der Waals surface area contributed by atoms with E-state index in [2.05, 4.69) is 88.0 Å². The van der Waals surface area contributed by atoms with E-state index in [1.807, 2.05) is 0 Å². The van der Waals surface area contributed by atoms with E-state index in [4.69, 9.17) is 4.74 Å². The van der Waals surface area contributed by atoms with E-state index in [-0.39, 0.29) is 0 Å². The highest BCUT2D eigenvalue weighted by molar-refractivity contribution is 9.15. The molecule has 3 aliphatic carbocycles. The van der Waals surface area contributed by atoms with Crippen molar-refractivity contribution < 1.29 is 4.74 Å². The molecule has 0 fully saturated rings. The summed E-state index contributed by atoms with van der Waals surface area (Å²) in [6.07, 6.45) is 8.61. The molecule has 0 saturated carbocycles. The number of benzene rings is 1. The summed E-state index contributed by atoms with van der Waals surface area (Å²) < 4.78 is 9.90. The van der Waals surface area contributed by atoms with Crippen LogP contribution in [0.25, 0.3) is 0 Å². The summed E-state index contributed by atoms with van der Waals surface area (Å²) in [5.41, 5.74) is 1.96. The molecule has 5 heteroatoms. The maximum atomic E-state index is 5.76. The molecule has 0 radical (unpaired) electrons. The minimum atomic E-state index is -0.464. The number of hydrogen-bond donors (Lipinski definition) is 0. The molecule has 3 aliphatic rings. The molecule has 0 aromatic heterocycles. The first-order chi connectivity index (χ1) is 8.52. The van der Waals surface area contributed by atoms with Gasteiger partial charge in [0.1, 0.15) is 5.60 Å². The SMILES string of the molecule is COC12C=CC(C=C1)c1c(Br)c(Br)c(Br)c(Br)c12. The van der Waals surface area contributed by atoms with Crippen molar-refractivity contribution in [3.63, 3.8) is 0 Å². The molecule has 1 aromatic carbocycles. The van der Waals surface area contributed by atoms with E-state index in [0.29, 0.717) is 5.92 Å². The fourth-order valence-corrected chi connectivity index (χ4v) is 5.28. The summed E-state index contributed by atoms with van der Waals surface area (Å²) in [5.74, 6) is 0.298. The van der Waals surface area contributed by atoms with E-state index in [1.54, 1.807) is 7.11 Å². The van der Waals surface area contributed by atoms with Gasteiger partial charge in [0, 0.05) is 36.5 Å². The standard InChI is InChI=1S/C13H8Br4O/c1-18-13-4-2-6(3-5-13)7-8(13)10(15)12(17)11(16)9(7)14/h2-6H,1H3. The lowest BCUT2D eigenvalue weighted by Crippen LogP contribution is -2.32. The number of rotatable bonds is 1. The molecule has 0 amide bonds. The molecular weight excluding hydrogens is 492 g/mol. The van der Waals surface area contributed by atoms with Gasteiger partial charge in [-0.2, -0.15) is 0 Å². The Kier molecular flexibility index (Phi) is 3.43. The van der Waals surface area contributed by atoms with Gasteiger partial charge >= 0.3 is 0 Å². The van der Waals surface area contributed by atoms with Crippen LogP contribution in [0.3, 0.4) is 0 Å². The Balaban J connectivity index is 2.43. The number of ether oxygens (including phenoxy) is 1. The molecule has 0 unspecified atom stereocenters. The highest BCUT2D eigenvalue weighted by Crippen LogP contribution is 2.54. The van der Waals surface area contributed by atoms with Crippen LogP contribution in [0.15, 0.2) is 42.2 Å². The Hall–Kier alpha value is 0.580. The predicted molar refractivity (Wildman–Crippen MR) is 87.0 cm³/mol. The predicted octanol–water partition coefficient (Wildman–Crippen LogP) is 5.80. The minimum absolute atomic E-state index is 0.298. The lowest BCUT2D eigenvalue weighted by molar-refractivity contribution is 0.0659. The Bertz CT molecular complexity index is 590. The monoisotopic (exact) mass is 496 g/mol. The van der Waals surface area contributed by atoms with E-state index >= 15 is 0 Å². The summed E-state index contributed by atoms with van der Waals surface area (Å²) >= 11 is 14.6. The van der Waals surface area contributed by atoms with Gasteiger partial charge in [-0.3, -0.25) is 0 Å². The van der Waals surface area contributed by atoms with Crippen molar-refractivity contribution in [1.29, 1.82) is 0 Å². The van der Waals surface area contributed by atoms with E-state index in [0.717, 1.165) is 17.9 Å². The fourth-order valence-electron chi connectivity index (χ4n) is 2.55. The molecule has 0 N–H and O–H groups in total. The summed E-state index contributed by atoms with van der Waals surface area (Å²) in [6.45, 7) is 0. The van der Waals surface area contributed by atoms with Gasteiger partial charge in [0.15, 0.2) is 0 Å². The third-order valence-corrected chi connectivity index (χ3v) is 8.27. The molecule has 2 bridgehead atoms.